The van der Waals surface area contributed by atoms with Crippen molar-refractivity contribution in [2.75, 3.05) is 6.26 Å². The van der Waals surface area contributed by atoms with Crippen LogP contribution in [0.4, 0.5) is 0 Å². The van der Waals surface area contributed by atoms with E-state index in [-0.39, 0.29) is 4.90 Å². The second kappa shape index (κ2) is 5.31. The molecule has 0 unspecified atom stereocenters. The van der Waals surface area contributed by atoms with Gasteiger partial charge in [0.05, 0.1) is 16.0 Å². The quantitative estimate of drug-likeness (QED) is 0.744. The molecule has 1 heterocycles. The molecule has 5 nitrogen and oxygen atoms in total. The maximum Gasteiger partial charge on any atom is 0.363 e. The van der Waals surface area contributed by atoms with Crippen LogP contribution in [0.25, 0.3) is 10.9 Å². The number of hydrogen-bond donors (Lipinski definition) is 0. The molecule has 0 saturated carbocycles. The van der Waals surface area contributed by atoms with Crippen molar-refractivity contribution in [3.05, 3.63) is 66.4 Å². The predicted octanol–water partition coefficient (Wildman–Crippen LogP) is 2.31. The maximum atomic E-state index is 12.1. The van der Waals surface area contributed by atoms with E-state index < -0.39 is 15.8 Å². The molecule has 0 aliphatic rings. The van der Waals surface area contributed by atoms with Crippen molar-refractivity contribution in [1.29, 1.82) is 0 Å². The van der Waals surface area contributed by atoms with Crippen LogP contribution in [-0.2, 0) is 9.84 Å². The molecule has 0 spiro atoms. The monoisotopic (exact) mass is 315 g/mol. The lowest BCUT2D eigenvalue weighted by molar-refractivity contribution is 0.0482. The first-order chi connectivity index (χ1) is 10.4. The molecule has 0 N–H and O–H groups in total. The highest BCUT2D eigenvalue weighted by atomic mass is 32.2. The highest BCUT2D eigenvalue weighted by molar-refractivity contribution is 7.90. The summed E-state index contributed by atoms with van der Waals surface area (Å²) in [5.74, 6) is -0.511. The number of nitrogens with zero attached hydrogens (tertiary/aromatic N) is 1. The predicted molar refractivity (Wildman–Crippen MR) is 82.4 cm³/mol. The third-order valence-electron chi connectivity index (χ3n) is 3.25. The van der Waals surface area contributed by atoms with Gasteiger partial charge in [0, 0.05) is 17.8 Å². The number of carbonyl (C=O) groups excluding carboxylic acids is 1. The Bertz CT molecular complexity index is 943. The first-order valence-corrected chi connectivity index (χ1v) is 8.43. The molecule has 0 radical (unpaired) electrons. The second-order valence-corrected chi connectivity index (χ2v) is 6.89. The van der Waals surface area contributed by atoms with Gasteiger partial charge < -0.3 is 4.84 Å². The van der Waals surface area contributed by atoms with Crippen molar-refractivity contribution in [1.82, 2.24) is 4.73 Å². The maximum absolute atomic E-state index is 12.1. The van der Waals surface area contributed by atoms with Crippen LogP contribution < -0.4 is 4.84 Å². The van der Waals surface area contributed by atoms with Crippen LogP contribution in [0.1, 0.15) is 10.4 Å². The lowest BCUT2D eigenvalue weighted by atomic mass is 10.2. The summed E-state index contributed by atoms with van der Waals surface area (Å²) in [5, 5.41) is 0.785. The van der Waals surface area contributed by atoms with E-state index in [1.54, 1.807) is 48.7 Å². The summed E-state index contributed by atoms with van der Waals surface area (Å²) >= 11 is 0. The lowest BCUT2D eigenvalue weighted by Crippen LogP contribution is -2.18. The SMILES string of the molecule is CS(=O)(=O)c1ccc2ccn(OC(=O)c3ccccc3)c2c1. The minimum absolute atomic E-state index is 0.177. The number of hydrogen-bond acceptors (Lipinski definition) is 4. The van der Waals surface area contributed by atoms with Crippen molar-refractivity contribution in [3.63, 3.8) is 0 Å². The van der Waals surface area contributed by atoms with Crippen molar-refractivity contribution >= 4 is 26.7 Å². The van der Waals surface area contributed by atoms with E-state index >= 15 is 0 Å². The fourth-order valence-electron chi connectivity index (χ4n) is 2.11. The summed E-state index contributed by atoms with van der Waals surface area (Å²) in [5.41, 5.74) is 0.941. The Morgan fingerprint density at radius 1 is 1.05 bits per heavy atom. The van der Waals surface area contributed by atoms with Crippen molar-refractivity contribution < 1.29 is 18.0 Å². The number of rotatable bonds is 3. The first-order valence-electron chi connectivity index (χ1n) is 6.54. The Labute approximate surface area is 127 Å². The molecule has 0 fully saturated rings. The topological polar surface area (TPSA) is 65.4 Å². The zero-order valence-corrected chi connectivity index (χ0v) is 12.6. The molecule has 22 heavy (non-hydrogen) atoms. The van der Waals surface area contributed by atoms with E-state index in [2.05, 4.69) is 0 Å². The summed E-state index contributed by atoms with van der Waals surface area (Å²) in [4.78, 5) is 17.6. The van der Waals surface area contributed by atoms with Gasteiger partial charge >= 0.3 is 5.97 Å². The van der Waals surface area contributed by atoms with Gasteiger partial charge in [-0.25, -0.2) is 13.2 Å². The summed E-state index contributed by atoms with van der Waals surface area (Å²) < 4.78 is 24.5. The van der Waals surface area contributed by atoms with Gasteiger partial charge in [-0.1, -0.05) is 24.3 Å². The normalized spacial score (nSPS) is 11.5. The number of fused-ring (bicyclic) bond motifs is 1. The van der Waals surface area contributed by atoms with E-state index in [0.717, 1.165) is 11.6 Å². The molecule has 2 aromatic carbocycles. The summed E-state index contributed by atoms with van der Waals surface area (Å²) in [6.07, 6.45) is 2.72. The van der Waals surface area contributed by atoms with Crippen molar-refractivity contribution in [2.45, 2.75) is 4.90 Å². The minimum atomic E-state index is -3.32. The second-order valence-electron chi connectivity index (χ2n) is 4.88. The molecule has 0 aliphatic carbocycles. The number of carbonyl (C=O) groups is 1. The number of aromatic nitrogens is 1. The average Bonchev–Trinajstić information content (AvgIpc) is 2.89. The fourth-order valence-corrected chi connectivity index (χ4v) is 2.75. The molecule has 0 bridgehead atoms. The smallest absolute Gasteiger partial charge is 0.331 e. The van der Waals surface area contributed by atoms with E-state index in [1.165, 1.54) is 16.9 Å². The molecular weight excluding hydrogens is 302 g/mol. The highest BCUT2D eigenvalue weighted by Crippen LogP contribution is 2.20. The molecule has 3 rings (SSSR count). The largest absolute Gasteiger partial charge is 0.363 e. The Morgan fingerprint density at radius 3 is 2.45 bits per heavy atom. The summed E-state index contributed by atoms with van der Waals surface area (Å²) in [7, 11) is -3.32. The van der Waals surface area contributed by atoms with Crippen LogP contribution in [0.3, 0.4) is 0 Å². The lowest BCUT2D eigenvalue weighted by Gasteiger charge is -2.07. The van der Waals surface area contributed by atoms with Crippen LogP contribution in [0.5, 0.6) is 0 Å². The van der Waals surface area contributed by atoms with Gasteiger partial charge in [0.2, 0.25) is 0 Å². The van der Waals surface area contributed by atoms with Gasteiger partial charge in [0.25, 0.3) is 0 Å². The van der Waals surface area contributed by atoms with Gasteiger partial charge in [-0.3, -0.25) is 0 Å². The number of benzene rings is 2. The van der Waals surface area contributed by atoms with Crippen LogP contribution >= 0.6 is 0 Å². The van der Waals surface area contributed by atoms with Gasteiger partial charge in [0.15, 0.2) is 9.84 Å². The molecule has 0 amide bonds. The van der Waals surface area contributed by atoms with Gasteiger partial charge in [-0.05, 0) is 30.3 Å². The van der Waals surface area contributed by atoms with E-state index in [1.807, 2.05) is 0 Å². The molecule has 1 aromatic heterocycles. The van der Waals surface area contributed by atoms with Crippen molar-refractivity contribution in [2.24, 2.45) is 0 Å². The highest BCUT2D eigenvalue weighted by Gasteiger charge is 2.13. The molecule has 0 atom stereocenters. The summed E-state index contributed by atoms with van der Waals surface area (Å²) in [6, 6.07) is 15.0. The zero-order chi connectivity index (χ0) is 15.7. The van der Waals surface area contributed by atoms with E-state index in [9.17, 15) is 13.2 Å². The standard InChI is InChI=1S/C16H13NO4S/c1-22(19,20)14-8-7-12-9-10-17(15(12)11-14)21-16(18)13-5-3-2-4-6-13/h2-11H,1H3. The van der Waals surface area contributed by atoms with Gasteiger partial charge in [-0.2, -0.15) is 4.73 Å². The minimum Gasteiger partial charge on any atom is -0.331 e. The molecule has 0 aliphatic heterocycles. The Kier molecular flexibility index (Phi) is 3.46. The molecule has 112 valence electrons. The van der Waals surface area contributed by atoms with E-state index in [4.69, 9.17) is 4.84 Å². The molecule has 0 saturated heterocycles. The Balaban J connectivity index is 1.99. The molecular formula is C16H13NO4S. The van der Waals surface area contributed by atoms with Crippen molar-refractivity contribution in [3.8, 4) is 0 Å². The van der Waals surface area contributed by atoms with Gasteiger partial charge in [-0.15, -0.1) is 0 Å². The first kappa shape index (κ1) is 14.3. The Hall–Kier alpha value is -2.60. The Morgan fingerprint density at radius 2 is 1.77 bits per heavy atom. The van der Waals surface area contributed by atoms with Gasteiger partial charge in [0.1, 0.15) is 0 Å². The fraction of sp³-hybridized carbons (Fsp3) is 0.0625. The third kappa shape index (κ3) is 2.73. The van der Waals surface area contributed by atoms with Crippen LogP contribution in [0.2, 0.25) is 0 Å². The number of sulfone groups is 1. The molecule has 6 heteroatoms. The molecule has 3 aromatic rings. The van der Waals surface area contributed by atoms with Crippen LogP contribution in [-0.4, -0.2) is 25.4 Å². The van der Waals surface area contributed by atoms with E-state index in [0.29, 0.717) is 11.1 Å². The van der Waals surface area contributed by atoms with Crippen LogP contribution in [0.15, 0.2) is 65.7 Å². The third-order valence-corrected chi connectivity index (χ3v) is 4.36. The zero-order valence-electron chi connectivity index (χ0n) is 11.8. The van der Waals surface area contributed by atoms with Crippen LogP contribution in [0, 0.1) is 0 Å². The average molecular weight is 315 g/mol. The summed E-state index contributed by atoms with van der Waals surface area (Å²) in [6.45, 7) is 0.